The summed E-state index contributed by atoms with van der Waals surface area (Å²) in [5.41, 5.74) is 0. The first-order valence-corrected chi connectivity index (χ1v) is 7.02. The normalized spacial score (nSPS) is 9.79. The van der Waals surface area contributed by atoms with E-state index in [1.165, 1.54) is 3.61 Å². The standard InChI is InChI=1S/C10H12O3Te/c1-13-8-2-4-9(5-3-8)14-7-6-10(11)12/h2-5H,6-7H2,1H3,(H,11,12). The maximum absolute atomic E-state index is 10.3. The van der Waals surface area contributed by atoms with Gasteiger partial charge in [0.2, 0.25) is 0 Å². The van der Waals surface area contributed by atoms with Crippen LogP contribution in [0.1, 0.15) is 6.42 Å². The van der Waals surface area contributed by atoms with Crippen molar-refractivity contribution in [3.05, 3.63) is 24.3 Å². The molecule has 0 saturated carbocycles. The van der Waals surface area contributed by atoms with Crippen molar-refractivity contribution in [1.29, 1.82) is 0 Å². The van der Waals surface area contributed by atoms with Crippen molar-refractivity contribution in [1.82, 2.24) is 0 Å². The number of aliphatic carboxylic acids is 1. The van der Waals surface area contributed by atoms with Crippen molar-refractivity contribution in [3.63, 3.8) is 0 Å². The first-order chi connectivity index (χ1) is 6.72. The van der Waals surface area contributed by atoms with Gasteiger partial charge in [-0.25, -0.2) is 0 Å². The molecule has 1 aromatic carbocycles. The molecule has 0 spiro atoms. The monoisotopic (exact) mass is 310 g/mol. The van der Waals surface area contributed by atoms with Crippen LogP contribution in [0.25, 0.3) is 0 Å². The fourth-order valence-corrected chi connectivity index (χ4v) is 3.33. The van der Waals surface area contributed by atoms with E-state index in [-0.39, 0.29) is 27.3 Å². The minimum absolute atomic E-state index is 0.286. The second-order valence-electron chi connectivity index (χ2n) is 2.67. The van der Waals surface area contributed by atoms with E-state index in [0.29, 0.717) is 0 Å². The summed E-state index contributed by atoms with van der Waals surface area (Å²) in [7, 11) is 1.64. The first kappa shape index (κ1) is 11.4. The molecule has 1 aromatic rings. The summed E-state index contributed by atoms with van der Waals surface area (Å²) in [6.07, 6.45) is 0.286. The molecule has 1 rings (SSSR count). The van der Waals surface area contributed by atoms with Crippen molar-refractivity contribution >= 4 is 30.5 Å². The number of rotatable bonds is 5. The van der Waals surface area contributed by atoms with Crippen LogP contribution in [-0.2, 0) is 4.79 Å². The number of methoxy groups -OCH3 is 1. The van der Waals surface area contributed by atoms with Crippen LogP contribution in [0.2, 0.25) is 4.47 Å². The zero-order valence-electron chi connectivity index (χ0n) is 7.90. The van der Waals surface area contributed by atoms with Gasteiger partial charge in [0, 0.05) is 0 Å². The molecule has 0 heterocycles. The predicted octanol–water partition coefficient (Wildman–Crippen LogP) is 0.918. The van der Waals surface area contributed by atoms with Crippen LogP contribution in [0, 0.1) is 0 Å². The summed E-state index contributed by atoms with van der Waals surface area (Å²) in [6.45, 7) is 0. The van der Waals surface area contributed by atoms with E-state index in [4.69, 9.17) is 9.84 Å². The van der Waals surface area contributed by atoms with Crippen LogP contribution < -0.4 is 8.35 Å². The number of hydrogen-bond donors (Lipinski definition) is 1. The molecule has 0 bridgehead atoms. The second kappa shape index (κ2) is 5.90. The maximum atomic E-state index is 10.3. The summed E-state index contributed by atoms with van der Waals surface area (Å²) in [4.78, 5) is 10.3. The van der Waals surface area contributed by atoms with Crippen molar-refractivity contribution in [2.45, 2.75) is 10.9 Å². The van der Waals surface area contributed by atoms with Crippen molar-refractivity contribution in [3.8, 4) is 5.75 Å². The van der Waals surface area contributed by atoms with Gasteiger partial charge in [-0.15, -0.1) is 0 Å². The van der Waals surface area contributed by atoms with Gasteiger partial charge in [0.05, 0.1) is 0 Å². The number of hydrogen-bond acceptors (Lipinski definition) is 2. The zero-order chi connectivity index (χ0) is 10.4. The molecule has 0 radical (unpaired) electrons. The van der Waals surface area contributed by atoms with Gasteiger partial charge in [0.25, 0.3) is 0 Å². The Morgan fingerprint density at radius 1 is 1.43 bits per heavy atom. The minimum atomic E-state index is -0.705. The third-order valence-corrected chi connectivity index (χ3v) is 4.54. The molecule has 76 valence electrons. The number of ether oxygens (including phenoxy) is 1. The van der Waals surface area contributed by atoms with Gasteiger partial charge < -0.3 is 0 Å². The van der Waals surface area contributed by atoms with Gasteiger partial charge in [-0.3, -0.25) is 0 Å². The van der Waals surface area contributed by atoms with Crippen LogP contribution in [0.5, 0.6) is 5.75 Å². The van der Waals surface area contributed by atoms with Gasteiger partial charge in [0.15, 0.2) is 0 Å². The van der Waals surface area contributed by atoms with E-state index in [1.54, 1.807) is 7.11 Å². The van der Waals surface area contributed by atoms with Crippen LogP contribution in [-0.4, -0.2) is 39.1 Å². The summed E-state index contributed by atoms with van der Waals surface area (Å²) in [5, 5.41) is 8.47. The SMILES string of the molecule is COc1ccc([Te]CCC(=O)O)cc1. The van der Waals surface area contributed by atoms with Gasteiger partial charge in [-0.1, -0.05) is 0 Å². The average molecular weight is 308 g/mol. The Labute approximate surface area is 93.2 Å². The first-order valence-electron chi connectivity index (χ1n) is 4.21. The molecule has 14 heavy (non-hydrogen) atoms. The number of carboxylic acid groups (broad SMARTS) is 1. The van der Waals surface area contributed by atoms with E-state index < -0.39 is 5.97 Å². The molecule has 0 atom stereocenters. The van der Waals surface area contributed by atoms with Gasteiger partial charge >= 0.3 is 93.2 Å². The molecule has 0 aliphatic carbocycles. The molecule has 4 heteroatoms. The molecule has 0 aliphatic rings. The van der Waals surface area contributed by atoms with Gasteiger partial charge in [-0.2, -0.15) is 0 Å². The van der Waals surface area contributed by atoms with E-state index in [9.17, 15) is 4.79 Å². The summed E-state index contributed by atoms with van der Waals surface area (Å²) in [6, 6.07) is 7.87. The van der Waals surface area contributed by atoms with E-state index in [1.807, 2.05) is 24.3 Å². The fraction of sp³-hybridized carbons (Fsp3) is 0.300. The van der Waals surface area contributed by atoms with E-state index >= 15 is 0 Å². The summed E-state index contributed by atoms with van der Waals surface area (Å²) >= 11 is -0.336. The fourth-order valence-electron chi connectivity index (χ4n) is 0.928. The topological polar surface area (TPSA) is 46.5 Å². The summed E-state index contributed by atoms with van der Waals surface area (Å²) < 4.78 is 7.12. The molecule has 3 nitrogen and oxygen atoms in total. The Kier molecular flexibility index (Phi) is 4.78. The third kappa shape index (κ3) is 3.99. The molecule has 0 unspecified atom stereocenters. The molecule has 0 aromatic heterocycles. The van der Waals surface area contributed by atoms with Gasteiger partial charge in [0.1, 0.15) is 0 Å². The molecular weight excluding hydrogens is 296 g/mol. The van der Waals surface area contributed by atoms with Crippen LogP contribution in [0.3, 0.4) is 0 Å². The molecule has 0 amide bonds. The molecule has 1 N–H and O–H groups in total. The Morgan fingerprint density at radius 3 is 2.57 bits per heavy atom. The predicted molar refractivity (Wildman–Crippen MR) is 55.4 cm³/mol. The van der Waals surface area contributed by atoms with E-state index in [2.05, 4.69) is 0 Å². The quantitative estimate of drug-likeness (QED) is 0.823. The number of benzene rings is 1. The van der Waals surface area contributed by atoms with Crippen molar-refractivity contribution in [2.75, 3.05) is 7.11 Å². The van der Waals surface area contributed by atoms with Crippen molar-refractivity contribution in [2.24, 2.45) is 0 Å². The second-order valence-corrected chi connectivity index (χ2v) is 6.00. The molecule has 0 saturated heterocycles. The van der Waals surface area contributed by atoms with Crippen LogP contribution in [0.4, 0.5) is 0 Å². The average Bonchev–Trinajstić information content (AvgIpc) is 2.18. The Morgan fingerprint density at radius 2 is 2.07 bits per heavy atom. The van der Waals surface area contributed by atoms with Gasteiger partial charge in [-0.05, 0) is 0 Å². The van der Waals surface area contributed by atoms with Crippen molar-refractivity contribution < 1.29 is 14.6 Å². The number of carbonyl (C=O) groups is 1. The Hall–Kier alpha value is -0.720. The van der Waals surface area contributed by atoms with Crippen LogP contribution in [0.15, 0.2) is 24.3 Å². The Balaban J connectivity index is 2.40. The zero-order valence-corrected chi connectivity index (χ0v) is 10.2. The number of carboxylic acids is 1. The third-order valence-electron chi connectivity index (χ3n) is 1.64. The van der Waals surface area contributed by atoms with E-state index in [0.717, 1.165) is 10.2 Å². The Bertz CT molecular complexity index is 295. The molecular formula is C10H12O3Te. The summed E-state index contributed by atoms with van der Waals surface area (Å²) in [5.74, 6) is 0.142. The molecule has 0 fully saturated rings. The van der Waals surface area contributed by atoms with Crippen LogP contribution >= 0.6 is 0 Å². The molecule has 0 aliphatic heterocycles.